The standard InChI is InChI=1S/C27H33ClF3N3O4S/c1-18-9-11-20(12-10-18)16-33(19(2)26(36)32-21-7-5-4-6-8-21)25(35)17-34(39(3,37)38)22-13-14-24(28)23(15-22)27(29,30)31/h9-15,19,21H,4-8,16-17H2,1-3H3,(H,32,36). The summed E-state index contributed by atoms with van der Waals surface area (Å²) in [5.41, 5.74) is 0.117. The van der Waals surface area contributed by atoms with Crippen molar-refractivity contribution in [1.29, 1.82) is 0 Å². The number of alkyl halides is 3. The van der Waals surface area contributed by atoms with E-state index in [0.717, 1.165) is 56.1 Å². The van der Waals surface area contributed by atoms with Gasteiger partial charge in [0.1, 0.15) is 12.6 Å². The fourth-order valence-corrected chi connectivity index (χ4v) is 5.61. The highest BCUT2D eigenvalue weighted by atomic mass is 35.5. The highest BCUT2D eigenvalue weighted by molar-refractivity contribution is 7.92. The highest BCUT2D eigenvalue weighted by Crippen LogP contribution is 2.37. The van der Waals surface area contributed by atoms with Crippen LogP contribution in [0.2, 0.25) is 5.02 Å². The summed E-state index contributed by atoms with van der Waals surface area (Å²) in [5.74, 6) is -1.12. The van der Waals surface area contributed by atoms with E-state index in [1.54, 1.807) is 19.1 Å². The van der Waals surface area contributed by atoms with Crippen LogP contribution in [0.3, 0.4) is 0 Å². The van der Waals surface area contributed by atoms with Crippen LogP contribution in [0.4, 0.5) is 18.9 Å². The second kappa shape index (κ2) is 12.6. The molecule has 1 unspecified atom stereocenters. The summed E-state index contributed by atoms with van der Waals surface area (Å²) in [5, 5.41) is 2.39. The molecule has 39 heavy (non-hydrogen) atoms. The van der Waals surface area contributed by atoms with Gasteiger partial charge < -0.3 is 10.2 Å². The zero-order valence-corrected chi connectivity index (χ0v) is 23.7. The summed E-state index contributed by atoms with van der Waals surface area (Å²) in [6.45, 7) is 2.66. The Morgan fingerprint density at radius 2 is 1.69 bits per heavy atom. The maximum atomic E-state index is 13.6. The number of amides is 2. The van der Waals surface area contributed by atoms with Crippen LogP contribution < -0.4 is 9.62 Å². The van der Waals surface area contributed by atoms with Crippen LogP contribution in [0, 0.1) is 6.92 Å². The van der Waals surface area contributed by atoms with Gasteiger partial charge in [-0.05, 0) is 50.5 Å². The van der Waals surface area contributed by atoms with E-state index in [0.29, 0.717) is 15.9 Å². The Balaban J connectivity index is 1.92. The van der Waals surface area contributed by atoms with Crippen LogP contribution in [-0.4, -0.2) is 50.0 Å². The topological polar surface area (TPSA) is 86.8 Å². The summed E-state index contributed by atoms with van der Waals surface area (Å²) in [6.07, 6.45) is 0.733. The lowest BCUT2D eigenvalue weighted by Gasteiger charge is -2.33. The molecule has 0 heterocycles. The van der Waals surface area contributed by atoms with Gasteiger partial charge in [-0.3, -0.25) is 13.9 Å². The zero-order chi connectivity index (χ0) is 29.0. The summed E-state index contributed by atoms with van der Waals surface area (Å²) < 4.78 is 66.3. The Kier molecular flexibility index (Phi) is 9.93. The van der Waals surface area contributed by atoms with Crippen molar-refractivity contribution in [3.63, 3.8) is 0 Å². The van der Waals surface area contributed by atoms with Crippen LogP contribution in [-0.2, 0) is 32.3 Å². The van der Waals surface area contributed by atoms with Gasteiger partial charge in [-0.2, -0.15) is 13.2 Å². The quantitative estimate of drug-likeness (QED) is 0.431. The number of halogens is 4. The van der Waals surface area contributed by atoms with Crippen molar-refractivity contribution in [1.82, 2.24) is 10.2 Å². The molecule has 12 heteroatoms. The molecule has 0 spiro atoms. The zero-order valence-electron chi connectivity index (χ0n) is 22.1. The lowest BCUT2D eigenvalue weighted by molar-refractivity contribution is -0.139. The average Bonchev–Trinajstić information content (AvgIpc) is 2.86. The molecule has 0 radical (unpaired) electrons. The Morgan fingerprint density at radius 3 is 2.26 bits per heavy atom. The normalized spacial score (nSPS) is 15.5. The van der Waals surface area contributed by atoms with Crippen LogP contribution >= 0.6 is 11.6 Å². The van der Waals surface area contributed by atoms with Gasteiger partial charge in [-0.25, -0.2) is 8.42 Å². The fourth-order valence-electron chi connectivity index (χ4n) is 4.54. The predicted molar refractivity (Wildman–Crippen MR) is 145 cm³/mol. The van der Waals surface area contributed by atoms with Gasteiger partial charge in [-0.15, -0.1) is 0 Å². The van der Waals surface area contributed by atoms with Gasteiger partial charge in [0.05, 0.1) is 22.5 Å². The van der Waals surface area contributed by atoms with Gasteiger partial charge in [0.2, 0.25) is 21.8 Å². The minimum atomic E-state index is -4.83. The SMILES string of the molecule is Cc1ccc(CN(C(=O)CN(c2ccc(Cl)c(C(F)(F)F)c2)S(C)(=O)=O)C(C)C(=O)NC2CCCCC2)cc1. The molecule has 0 saturated heterocycles. The summed E-state index contributed by atoms with van der Waals surface area (Å²) >= 11 is 5.71. The lowest BCUT2D eigenvalue weighted by Crippen LogP contribution is -2.53. The van der Waals surface area contributed by atoms with E-state index in [9.17, 15) is 31.2 Å². The number of aryl methyl sites for hydroxylation is 1. The predicted octanol–water partition coefficient (Wildman–Crippen LogP) is 5.30. The van der Waals surface area contributed by atoms with Crippen LogP contribution in [0.1, 0.15) is 55.7 Å². The second-order valence-corrected chi connectivity index (χ2v) is 12.3. The average molecular weight is 588 g/mol. The highest BCUT2D eigenvalue weighted by Gasteiger charge is 2.36. The van der Waals surface area contributed by atoms with Crippen molar-refractivity contribution in [3.8, 4) is 0 Å². The molecule has 0 aliphatic heterocycles. The molecular weight excluding hydrogens is 555 g/mol. The number of rotatable bonds is 9. The number of nitrogens with one attached hydrogen (secondary N) is 1. The molecule has 0 aromatic heterocycles. The third-order valence-electron chi connectivity index (χ3n) is 6.81. The monoisotopic (exact) mass is 587 g/mol. The first kappa shape index (κ1) is 30.7. The molecule has 3 rings (SSSR count). The molecule has 1 saturated carbocycles. The lowest BCUT2D eigenvalue weighted by atomic mass is 9.95. The first-order valence-electron chi connectivity index (χ1n) is 12.7. The number of hydrogen-bond acceptors (Lipinski definition) is 4. The number of carbonyl (C=O) groups is 2. The second-order valence-electron chi connectivity index (χ2n) is 9.96. The molecule has 0 bridgehead atoms. The van der Waals surface area contributed by atoms with E-state index in [1.807, 2.05) is 19.1 Å². The maximum absolute atomic E-state index is 13.6. The number of anilines is 1. The molecule has 1 fully saturated rings. The van der Waals surface area contributed by atoms with Crippen molar-refractivity contribution < 1.29 is 31.2 Å². The third kappa shape index (κ3) is 8.35. The number of carbonyl (C=O) groups excluding carboxylic acids is 2. The first-order chi connectivity index (χ1) is 18.2. The molecule has 1 atom stereocenters. The maximum Gasteiger partial charge on any atom is 0.417 e. The number of nitrogens with zero attached hydrogens (tertiary/aromatic N) is 2. The van der Waals surface area contributed by atoms with E-state index in [2.05, 4.69) is 5.32 Å². The van der Waals surface area contributed by atoms with Crippen molar-refractivity contribution in [2.75, 3.05) is 17.1 Å². The van der Waals surface area contributed by atoms with Crippen molar-refractivity contribution >= 4 is 39.1 Å². The molecule has 214 valence electrons. The number of benzene rings is 2. The van der Waals surface area contributed by atoms with Crippen LogP contribution in [0.15, 0.2) is 42.5 Å². The van der Waals surface area contributed by atoms with E-state index in [1.165, 1.54) is 4.90 Å². The fraction of sp³-hybridized carbons (Fsp3) is 0.481. The van der Waals surface area contributed by atoms with Crippen molar-refractivity contribution in [2.24, 2.45) is 0 Å². The number of hydrogen-bond donors (Lipinski definition) is 1. The van der Waals surface area contributed by atoms with Gasteiger partial charge in [0, 0.05) is 12.6 Å². The third-order valence-corrected chi connectivity index (χ3v) is 8.29. The molecule has 2 amide bonds. The summed E-state index contributed by atoms with van der Waals surface area (Å²) in [4.78, 5) is 28.0. The van der Waals surface area contributed by atoms with Crippen LogP contribution in [0.5, 0.6) is 0 Å². The first-order valence-corrected chi connectivity index (χ1v) is 14.9. The number of sulfonamides is 1. The molecular formula is C27H33ClF3N3O4S. The van der Waals surface area contributed by atoms with Gasteiger partial charge in [-0.1, -0.05) is 60.7 Å². The molecule has 2 aromatic rings. The smallest absolute Gasteiger partial charge is 0.352 e. The Labute approximate surface area is 232 Å². The minimum Gasteiger partial charge on any atom is -0.352 e. The van der Waals surface area contributed by atoms with Gasteiger partial charge in [0.25, 0.3) is 0 Å². The summed E-state index contributed by atoms with van der Waals surface area (Å²) in [6, 6.07) is 8.96. The van der Waals surface area contributed by atoms with E-state index < -0.39 is 45.3 Å². The van der Waals surface area contributed by atoms with E-state index in [-0.39, 0.29) is 24.2 Å². The van der Waals surface area contributed by atoms with Gasteiger partial charge in [0.15, 0.2) is 0 Å². The molecule has 1 aliphatic carbocycles. The molecule has 1 N–H and O–H groups in total. The Hall–Kier alpha value is -2.79. The largest absolute Gasteiger partial charge is 0.417 e. The van der Waals surface area contributed by atoms with E-state index >= 15 is 0 Å². The molecule has 2 aromatic carbocycles. The van der Waals surface area contributed by atoms with Gasteiger partial charge >= 0.3 is 6.18 Å². The van der Waals surface area contributed by atoms with Crippen molar-refractivity contribution in [3.05, 3.63) is 64.2 Å². The van der Waals surface area contributed by atoms with Crippen molar-refractivity contribution in [2.45, 2.75) is 70.8 Å². The Morgan fingerprint density at radius 1 is 1.08 bits per heavy atom. The molecule has 1 aliphatic rings. The summed E-state index contributed by atoms with van der Waals surface area (Å²) in [7, 11) is -4.19. The van der Waals surface area contributed by atoms with Crippen LogP contribution in [0.25, 0.3) is 0 Å². The minimum absolute atomic E-state index is 0.00435. The molecule has 7 nitrogen and oxygen atoms in total. The Bertz CT molecular complexity index is 1280. The van der Waals surface area contributed by atoms with E-state index in [4.69, 9.17) is 11.6 Å².